The second kappa shape index (κ2) is 3.38. The summed E-state index contributed by atoms with van der Waals surface area (Å²) in [6.07, 6.45) is 0.600. The fraction of sp³-hybridized carbons (Fsp3) is 1.00. The molecule has 0 saturated heterocycles. The van der Waals surface area contributed by atoms with Crippen molar-refractivity contribution >= 4 is 7.14 Å². The lowest BCUT2D eigenvalue weighted by Gasteiger charge is -2.09. The normalized spacial score (nSPS) is 12.6. The minimum absolute atomic E-state index is 0.193. The van der Waals surface area contributed by atoms with Gasteiger partial charge in [-0.3, -0.25) is 0 Å². The first kappa shape index (κ1) is 9.19. The molecule has 0 aromatic rings. The molecule has 0 aromatic carbocycles. The largest absolute Gasteiger partial charge is 0.371 e. The Bertz CT molecular complexity index is 114. The maximum absolute atomic E-state index is 11.0. The maximum atomic E-state index is 11.0. The highest BCUT2D eigenvalue weighted by atomic mass is 31.2. The van der Waals surface area contributed by atoms with Gasteiger partial charge in [0, 0.05) is 0 Å². The second-order valence-corrected chi connectivity index (χ2v) is 6.32. The summed E-state index contributed by atoms with van der Waals surface area (Å²) in [5.74, 6) is 0. The van der Waals surface area contributed by atoms with Crippen LogP contribution in [0, 0.1) is 0 Å². The summed E-state index contributed by atoms with van der Waals surface area (Å²) in [7, 11) is -1.94. The van der Waals surface area contributed by atoms with Crippen LogP contribution in [0.4, 0.5) is 0 Å². The zero-order valence-corrected chi connectivity index (χ0v) is 7.44. The van der Waals surface area contributed by atoms with E-state index in [1.807, 2.05) is 13.8 Å². The Kier molecular flexibility index (Phi) is 3.45. The first-order chi connectivity index (χ1) is 3.92. The summed E-state index contributed by atoms with van der Waals surface area (Å²) in [6.45, 7) is 7.34. The summed E-state index contributed by atoms with van der Waals surface area (Å²) in [4.78, 5) is 0. The monoisotopic (exact) mass is 150 g/mol. The molecular formula is C6H15O2P. The van der Waals surface area contributed by atoms with E-state index >= 15 is 0 Å². The molecule has 56 valence electrons. The van der Waals surface area contributed by atoms with E-state index in [2.05, 4.69) is 0 Å². The third-order valence-corrected chi connectivity index (χ3v) is 1.49. The molecule has 2 nitrogen and oxygen atoms in total. The highest BCUT2D eigenvalue weighted by molar-refractivity contribution is 7.62. The minimum atomic E-state index is -1.94. The van der Waals surface area contributed by atoms with Gasteiger partial charge in [0.05, 0.1) is 12.5 Å². The maximum Gasteiger partial charge on any atom is 0.106 e. The zero-order chi connectivity index (χ0) is 7.49. The lowest BCUT2D eigenvalue weighted by atomic mass is 10.5. The van der Waals surface area contributed by atoms with Crippen molar-refractivity contribution in [1.29, 1.82) is 0 Å². The molecule has 0 aliphatic rings. The highest BCUT2D eigenvalue weighted by Crippen LogP contribution is 2.35. The van der Waals surface area contributed by atoms with Crippen molar-refractivity contribution in [3.8, 4) is 0 Å². The van der Waals surface area contributed by atoms with E-state index in [1.54, 1.807) is 13.3 Å². The predicted molar refractivity (Wildman–Crippen MR) is 40.5 cm³/mol. The van der Waals surface area contributed by atoms with Crippen molar-refractivity contribution in [2.24, 2.45) is 0 Å². The van der Waals surface area contributed by atoms with E-state index in [4.69, 9.17) is 4.74 Å². The van der Waals surface area contributed by atoms with Crippen LogP contribution in [0.2, 0.25) is 0 Å². The number of rotatable bonds is 3. The third kappa shape index (κ3) is 8.19. The fourth-order valence-electron chi connectivity index (χ4n) is 0.329. The predicted octanol–water partition coefficient (Wildman–Crippen LogP) is 1.99. The molecule has 0 radical (unpaired) electrons. The van der Waals surface area contributed by atoms with Gasteiger partial charge in [-0.25, -0.2) is 0 Å². The Morgan fingerprint density at radius 1 is 1.44 bits per heavy atom. The first-order valence-corrected chi connectivity index (χ1v) is 5.86. The quantitative estimate of drug-likeness (QED) is 0.575. The molecule has 0 amide bonds. The highest BCUT2D eigenvalue weighted by Gasteiger charge is 2.06. The lowest BCUT2D eigenvalue weighted by Crippen LogP contribution is -2.03. The Morgan fingerprint density at radius 2 is 1.89 bits per heavy atom. The van der Waals surface area contributed by atoms with Gasteiger partial charge in [0.15, 0.2) is 0 Å². The van der Waals surface area contributed by atoms with E-state index in [-0.39, 0.29) is 6.10 Å². The van der Waals surface area contributed by atoms with Gasteiger partial charge in [-0.1, -0.05) is 0 Å². The average Bonchev–Trinajstić information content (AvgIpc) is 1.59. The minimum Gasteiger partial charge on any atom is -0.371 e. The number of hydrogen-bond acceptors (Lipinski definition) is 2. The second-order valence-electron chi connectivity index (χ2n) is 2.92. The van der Waals surface area contributed by atoms with Crippen LogP contribution in [-0.2, 0) is 9.30 Å². The molecule has 0 unspecified atom stereocenters. The summed E-state index contributed by atoms with van der Waals surface area (Å²) in [5.41, 5.74) is 0. The summed E-state index contributed by atoms with van der Waals surface area (Å²) in [5, 5.41) is 0. The Morgan fingerprint density at radius 3 is 2.00 bits per heavy atom. The fourth-order valence-corrected chi connectivity index (χ4v) is 0.986. The summed E-state index contributed by atoms with van der Waals surface area (Å²) in [6, 6.07) is 0. The van der Waals surface area contributed by atoms with Crippen LogP contribution >= 0.6 is 7.14 Å². The molecule has 0 aromatic heterocycles. The van der Waals surface area contributed by atoms with Crippen LogP contribution in [0.15, 0.2) is 0 Å². The van der Waals surface area contributed by atoms with Crippen molar-refractivity contribution in [3.05, 3.63) is 0 Å². The zero-order valence-electron chi connectivity index (χ0n) is 6.55. The van der Waals surface area contributed by atoms with E-state index in [0.29, 0.717) is 6.35 Å². The van der Waals surface area contributed by atoms with E-state index in [0.717, 1.165) is 0 Å². The van der Waals surface area contributed by atoms with Gasteiger partial charge >= 0.3 is 0 Å². The topological polar surface area (TPSA) is 26.3 Å². The molecule has 0 spiro atoms. The molecule has 0 N–H and O–H groups in total. The smallest absolute Gasteiger partial charge is 0.106 e. The van der Waals surface area contributed by atoms with Gasteiger partial charge in [-0.05, 0) is 27.2 Å². The Labute approximate surface area is 57.0 Å². The third-order valence-electron chi connectivity index (χ3n) is 0.719. The van der Waals surface area contributed by atoms with Gasteiger partial charge in [-0.15, -0.1) is 0 Å². The molecule has 0 saturated carbocycles. The number of hydrogen-bond donors (Lipinski definition) is 0. The van der Waals surface area contributed by atoms with Crippen LogP contribution in [-0.4, -0.2) is 25.8 Å². The Hall–Kier alpha value is 0.190. The van der Waals surface area contributed by atoms with Crippen molar-refractivity contribution in [2.45, 2.75) is 20.0 Å². The van der Waals surface area contributed by atoms with Crippen LogP contribution in [0.5, 0.6) is 0 Å². The molecule has 9 heavy (non-hydrogen) atoms. The molecule has 0 aliphatic carbocycles. The van der Waals surface area contributed by atoms with E-state index in [1.165, 1.54) is 0 Å². The lowest BCUT2D eigenvalue weighted by molar-refractivity contribution is 0.115. The van der Waals surface area contributed by atoms with Gasteiger partial charge in [0.25, 0.3) is 0 Å². The van der Waals surface area contributed by atoms with E-state index < -0.39 is 7.14 Å². The van der Waals surface area contributed by atoms with Crippen molar-refractivity contribution in [2.75, 3.05) is 19.7 Å². The van der Waals surface area contributed by atoms with Crippen LogP contribution in [0.3, 0.4) is 0 Å². The van der Waals surface area contributed by atoms with Gasteiger partial charge in [0.2, 0.25) is 0 Å². The van der Waals surface area contributed by atoms with Crippen LogP contribution in [0.25, 0.3) is 0 Å². The van der Waals surface area contributed by atoms with Crippen molar-refractivity contribution < 1.29 is 9.30 Å². The number of ether oxygens (including phenoxy) is 1. The molecule has 0 rings (SSSR count). The SMILES string of the molecule is CC(C)OCP(C)(C)=O. The van der Waals surface area contributed by atoms with Gasteiger partial charge in [-0.2, -0.15) is 0 Å². The molecule has 0 fully saturated rings. The molecule has 0 bridgehead atoms. The first-order valence-electron chi connectivity index (χ1n) is 3.07. The molecular weight excluding hydrogens is 135 g/mol. The molecule has 0 heterocycles. The average molecular weight is 150 g/mol. The van der Waals surface area contributed by atoms with Crippen LogP contribution in [0.1, 0.15) is 13.8 Å². The Balaban J connectivity index is 3.40. The standard InChI is InChI=1S/C6H15O2P/c1-6(2)8-5-9(3,4)7/h6H,5H2,1-4H3. The van der Waals surface area contributed by atoms with Crippen LogP contribution < -0.4 is 0 Å². The summed E-state index contributed by atoms with van der Waals surface area (Å²) < 4.78 is 16.1. The molecule has 3 heteroatoms. The van der Waals surface area contributed by atoms with Gasteiger partial charge < -0.3 is 9.30 Å². The van der Waals surface area contributed by atoms with E-state index in [9.17, 15) is 4.57 Å². The van der Waals surface area contributed by atoms with Crippen molar-refractivity contribution in [3.63, 3.8) is 0 Å². The van der Waals surface area contributed by atoms with Gasteiger partial charge in [0.1, 0.15) is 7.14 Å². The molecule has 0 atom stereocenters. The van der Waals surface area contributed by atoms with Crippen molar-refractivity contribution in [1.82, 2.24) is 0 Å². The molecule has 0 aliphatic heterocycles. The summed E-state index contributed by atoms with van der Waals surface area (Å²) >= 11 is 0.